The molecule has 0 spiro atoms. The summed E-state index contributed by atoms with van der Waals surface area (Å²) in [5.74, 6) is -5.27. The van der Waals surface area contributed by atoms with Crippen LogP contribution in [0, 0.1) is 30.2 Å². The highest BCUT2D eigenvalue weighted by atomic mass is 19.2. The van der Waals surface area contributed by atoms with Crippen LogP contribution in [0.15, 0.2) is 42.6 Å². The van der Waals surface area contributed by atoms with Crippen LogP contribution in [-0.2, 0) is 30.7 Å². The molecule has 2 heterocycles. The van der Waals surface area contributed by atoms with Gasteiger partial charge in [0.2, 0.25) is 5.91 Å². The minimum atomic E-state index is -1.36. The van der Waals surface area contributed by atoms with Crippen LogP contribution in [0.2, 0.25) is 0 Å². The molecule has 0 radical (unpaired) electrons. The number of pyridine rings is 1. The third kappa shape index (κ3) is 4.64. The van der Waals surface area contributed by atoms with Crippen LogP contribution in [-0.4, -0.2) is 28.2 Å². The van der Waals surface area contributed by atoms with Crippen molar-refractivity contribution >= 4 is 11.8 Å². The second-order valence-corrected chi connectivity index (χ2v) is 8.05. The smallest absolute Gasteiger partial charge is 0.254 e. The van der Waals surface area contributed by atoms with E-state index < -0.39 is 47.1 Å². The van der Waals surface area contributed by atoms with E-state index in [9.17, 15) is 27.2 Å². The van der Waals surface area contributed by atoms with Gasteiger partial charge in [0.25, 0.3) is 5.91 Å². The van der Waals surface area contributed by atoms with Gasteiger partial charge in [-0.05, 0) is 54.3 Å². The number of hydrogen-bond donors (Lipinski definition) is 1. The highest BCUT2D eigenvalue weighted by Crippen LogP contribution is 2.25. The molecule has 34 heavy (non-hydrogen) atoms. The minimum Gasteiger partial charge on any atom is -0.348 e. The molecule has 1 N–H and O–H groups in total. The number of carbonyl (C=O) groups excluding carboxylic acids is 2. The van der Waals surface area contributed by atoms with Crippen molar-refractivity contribution in [3.63, 3.8) is 0 Å². The zero-order chi connectivity index (χ0) is 24.4. The van der Waals surface area contributed by atoms with E-state index in [1.165, 1.54) is 23.1 Å². The monoisotopic (exact) mass is 471 g/mol. The van der Waals surface area contributed by atoms with Gasteiger partial charge in [0, 0.05) is 37.1 Å². The summed E-state index contributed by atoms with van der Waals surface area (Å²) in [6.07, 6.45) is 1.45. The fourth-order valence-corrected chi connectivity index (χ4v) is 4.07. The maximum Gasteiger partial charge on any atom is 0.254 e. The van der Waals surface area contributed by atoms with E-state index in [0.29, 0.717) is 18.2 Å². The Morgan fingerprint density at radius 1 is 1.00 bits per heavy atom. The number of rotatable bonds is 5. The molecule has 5 nitrogen and oxygen atoms in total. The Hall–Kier alpha value is -3.75. The lowest BCUT2D eigenvalue weighted by Crippen LogP contribution is -2.38. The summed E-state index contributed by atoms with van der Waals surface area (Å²) in [4.78, 5) is 30.9. The number of amides is 2. The average Bonchev–Trinajstić information content (AvgIpc) is 2.83. The Morgan fingerprint density at radius 3 is 2.50 bits per heavy atom. The first-order chi connectivity index (χ1) is 16.3. The van der Waals surface area contributed by atoms with E-state index in [1.54, 1.807) is 19.2 Å². The molecule has 0 unspecified atom stereocenters. The molecule has 4 rings (SSSR count). The van der Waals surface area contributed by atoms with E-state index >= 15 is 0 Å². The highest BCUT2D eigenvalue weighted by molar-refractivity contribution is 5.94. The number of aryl methyl sites for hydroxylation is 1. The van der Waals surface area contributed by atoms with Gasteiger partial charge in [-0.1, -0.05) is 12.1 Å². The van der Waals surface area contributed by atoms with Crippen molar-refractivity contribution in [3.05, 3.63) is 99.4 Å². The van der Waals surface area contributed by atoms with Crippen molar-refractivity contribution in [2.75, 3.05) is 6.54 Å². The molecule has 9 heteroatoms. The predicted octanol–water partition coefficient (Wildman–Crippen LogP) is 4.00. The van der Waals surface area contributed by atoms with Gasteiger partial charge >= 0.3 is 0 Å². The standard InChI is InChI=1S/C25H21F4N3O2/c1-14-19(12-31-25(34)17-4-2-3-5-20(17)26)16-8-9-32(13-15(16)11-30-14)23(33)10-18-21(27)6-7-22(28)24(18)29/h2-7,11H,8-10,12-13H2,1H3,(H,31,34). The van der Waals surface area contributed by atoms with Gasteiger partial charge in [0.05, 0.1) is 12.0 Å². The summed E-state index contributed by atoms with van der Waals surface area (Å²) in [6, 6.07) is 7.14. The van der Waals surface area contributed by atoms with Crippen LogP contribution in [0.25, 0.3) is 0 Å². The number of hydrogen-bond acceptors (Lipinski definition) is 3. The molecule has 0 bridgehead atoms. The zero-order valence-corrected chi connectivity index (χ0v) is 18.3. The number of nitrogens with one attached hydrogen (secondary N) is 1. The SMILES string of the molecule is Cc1ncc2c(c1CNC(=O)c1ccccc1F)CCN(C(=O)Cc1c(F)ccc(F)c1F)C2. The summed E-state index contributed by atoms with van der Waals surface area (Å²) < 4.78 is 55.3. The molecule has 1 aliphatic rings. The number of halogens is 4. The van der Waals surface area contributed by atoms with Crippen molar-refractivity contribution in [1.29, 1.82) is 0 Å². The van der Waals surface area contributed by atoms with Crippen LogP contribution >= 0.6 is 0 Å². The zero-order valence-electron chi connectivity index (χ0n) is 18.3. The molecule has 2 amide bonds. The van der Waals surface area contributed by atoms with E-state index in [4.69, 9.17) is 0 Å². The molecular weight excluding hydrogens is 450 g/mol. The van der Waals surface area contributed by atoms with Crippen LogP contribution in [0.1, 0.15) is 38.3 Å². The second-order valence-electron chi connectivity index (χ2n) is 8.05. The van der Waals surface area contributed by atoms with Crippen LogP contribution in [0.3, 0.4) is 0 Å². The first kappa shape index (κ1) is 23.4. The van der Waals surface area contributed by atoms with Gasteiger partial charge in [-0.25, -0.2) is 17.6 Å². The molecule has 0 atom stereocenters. The second kappa shape index (κ2) is 9.62. The van der Waals surface area contributed by atoms with E-state index in [-0.39, 0.29) is 25.2 Å². The van der Waals surface area contributed by atoms with Crippen molar-refractivity contribution in [2.45, 2.75) is 32.9 Å². The van der Waals surface area contributed by atoms with Crippen molar-refractivity contribution in [3.8, 4) is 0 Å². The Morgan fingerprint density at radius 2 is 1.74 bits per heavy atom. The molecule has 1 aliphatic heterocycles. The quantitative estimate of drug-likeness (QED) is 0.452. The summed E-state index contributed by atoms with van der Waals surface area (Å²) in [6.45, 7) is 2.36. The van der Waals surface area contributed by atoms with Gasteiger partial charge in [-0.2, -0.15) is 0 Å². The first-order valence-corrected chi connectivity index (χ1v) is 10.7. The molecule has 2 aromatic carbocycles. The number of benzene rings is 2. The lowest BCUT2D eigenvalue weighted by atomic mass is 9.94. The molecule has 3 aromatic rings. The highest BCUT2D eigenvalue weighted by Gasteiger charge is 2.26. The molecular formula is C25H21F4N3O2. The molecule has 0 fully saturated rings. The van der Waals surface area contributed by atoms with Crippen LogP contribution in [0.4, 0.5) is 17.6 Å². The topological polar surface area (TPSA) is 62.3 Å². The maximum atomic E-state index is 14.0. The van der Waals surface area contributed by atoms with Crippen molar-refractivity contribution in [2.24, 2.45) is 0 Å². The summed E-state index contributed by atoms with van der Waals surface area (Å²) in [7, 11) is 0. The summed E-state index contributed by atoms with van der Waals surface area (Å²) in [5.41, 5.74) is 2.45. The third-order valence-electron chi connectivity index (χ3n) is 5.96. The minimum absolute atomic E-state index is 0.0634. The largest absolute Gasteiger partial charge is 0.348 e. The molecule has 0 saturated carbocycles. The Kier molecular flexibility index (Phi) is 6.63. The molecule has 0 aliphatic carbocycles. The third-order valence-corrected chi connectivity index (χ3v) is 5.96. The number of carbonyl (C=O) groups is 2. The Balaban J connectivity index is 1.49. The van der Waals surface area contributed by atoms with Crippen LogP contribution in [0.5, 0.6) is 0 Å². The van der Waals surface area contributed by atoms with E-state index in [0.717, 1.165) is 22.8 Å². The van der Waals surface area contributed by atoms with Crippen LogP contribution < -0.4 is 5.32 Å². The van der Waals surface area contributed by atoms with Gasteiger partial charge in [0.1, 0.15) is 11.6 Å². The fraction of sp³-hybridized carbons (Fsp3) is 0.240. The lowest BCUT2D eigenvalue weighted by Gasteiger charge is -2.30. The van der Waals surface area contributed by atoms with Crippen molar-refractivity contribution < 1.29 is 27.2 Å². The van der Waals surface area contributed by atoms with Gasteiger partial charge < -0.3 is 10.2 Å². The molecule has 1 aromatic heterocycles. The maximum absolute atomic E-state index is 14.0. The van der Waals surface area contributed by atoms with Gasteiger partial charge in [0.15, 0.2) is 11.6 Å². The predicted molar refractivity (Wildman–Crippen MR) is 116 cm³/mol. The lowest BCUT2D eigenvalue weighted by molar-refractivity contribution is -0.131. The van der Waals surface area contributed by atoms with Gasteiger partial charge in [-0.3, -0.25) is 14.6 Å². The van der Waals surface area contributed by atoms with E-state index in [1.807, 2.05) is 0 Å². The summed E-state index contributed by atoms with van der Waals surface area (Å²) in [5, 5.41) is 2.71. The fourth-order valence-electron chi connectivity index (χ4n) is 4.07. The van der Waals surface area contributed by atoms with E-state index in [2.05, 4.69) is 10.3 Å². The number of nitrogens with zero attached hydrogens (tertiary/aromatic N) is 2. The normalized spacial score (nSPS) is 12.9. The average molecular weight is 471 g/mol. The first-order valence-electron chi connectivity index (χ1n) is 10.7. The molecule has 176 valence electrons. The number of fused-ring (bicyclic) bond motifs is 1. The van der Waals surface area contributed by atoms with Crippen molar-refractivity contribution in [1.82, 2.24) is 15.2 Å². The Labute approximate surface area is 193 Å². The number of aromatic nitrogens is 1. The molecule has 0 saturated heterocycles. The van der Waals surface area contributed by atoms with Gasteiger partial charge in [-0.15, -0.1) is 0 Å². The summed E-state index contributed by atoms with van der Waals surface area (Å²) >= 11 is 0. The Bertz CT molecular complexity index is 1280.